The lowest BCUT2D eigenvalue weighted by atomic mass is 9.96. The smallest absolute Gasteiger partial charge is 0.285 e. The summed E-state index contributed by atoms with van der Waals surface area (Å²) in [5.74, 6) is 1.30. The zero-order chi connectivity index (χ0) is 14.2. The average Bonchev–Trinajstić information content (AvgIpc) is 2.73. The van der Waals surface area contributed by atoms with Crippen molar-refractivity contribution in [2.75, 3.05) is 26.7 Å². The normalized spacial score (nSPS) is 21.6. The Hall–Kier alpha value is -1.40. The van der Waals surface area contributed by atoms with Gasteiger partial charge in [0.25, 0.3) is 10.0 Å². The van der Waals surface area contributed by atoms with Gasteiger partial charge in [-0.2, -0.15) is 8.42 Å². The molecule has 0 spiro atoms. The number of benzene rings is 1. The molecule has 0 saturated carbocycles. The molecule has 2 heterocycles. The SMILES string of the molecule is CNCC1CCN(C2=NS(=O)(=O)c3ccccc32)CC1. The molecule has 0 amide bonds. The van der Waals surface area contributed by atoms with Crippen molar-refractivity contribution in [3.63, 3.8) is 0 Å². The second-order valence-electron chi connectivity index (χ2n) is 5.37. The molecule has 1 aromatic rings. The molecule has 0 aromatic heterocycles. The molecule has 1 aromatic carbocycles. The summed E-state index contributed by atoms with van der Waals surface area (Å²) >= 11 is 0. The van der Waals surface area contributed by atoms with Gasteiger partial charge in [0.05, 0.1) is 0 Å². The maximum Gasteiger partial charge on any atom is 0.285 e. The van der Waals surface area contributed by atoms with E-state index in [4.69, 9.17) is 0 Å². The highest BCUT2D eigenvalue weighted by atomic mass is 32.2. The number of sulfonamides is 1. The minimum absolute atomic E-state index is 0.340. The Balaban J connectivity index is 1.83. The van der Waals surface area contributed by atoms with E-state index in [1.54, 1.807) is 12.1 Å². The number of likely N-dealkylation sites (tertiary alicyclic amines) is 1. The van der Waals surface area contributed by atoms with Gasteiger partial charge in [0, 0.05) is 18.7 Å². The molecular formula is C14H19N3O2S. The maximum absolute atomic E-state index is 12.0. The molecule has 0 atom stereocenters. The highest BCUT2D eigenvalue weighted by molar-refractivity contribution is 7.90. The summed E-state index contributed by atoms with van der Waals surface area (Å²) < 4.78 is 28.1. The third kappa shape index (κ3) is 2.33. The van der Waals surface area contributed by atoms with E-state index in [0.717, 1.165) is 38.0 Å². The lowest BCUT2D eigenvalue weighted by Gasteiger charge is -2.33. The predicted octanol–water partition coefficient (Wildman–Crippen LogP) is 1.07. The molecule has 2 aliphatic heterocycles. The van der Waals surface area contributed by atoms with Crippen molar-refractivity contribution >= 4 is 15.9 Å². The van der Waals surface area contributed by atoms with Crippen LogP contribution in [0.5, 0.6) is 0 Å². The predicted molar refractivity (Wildman–Crippen MR) is 78.4 cm³/mol. The summed E-state index contributed by atoms with van der Waals surface area (Å²) in [4.78, 5) is 2.45. The molecule has 0 bridgehead atoms. The average molecular weight is 293 g/mol. The van der Waals surface area contributed by atoms with Crippen LogP contribution in [-0.4, -0.2) is 45.8 Å². The number of piperidine rings is 1. The minimum Gasteiger partial charge on any atom is -0.355 e. The lowest BCUT2D eigenvalue weighted by Crippen LogP contribution is -2.40. The van der Waals surface area contributed by atoms with Crippen LogP contribution in [0.3, 0.4) is 0 Å². The summed E-state index contributed by atoms with van der Waals surface area (Å²) in [6.45, 7) is 2.76. The van der Waals surface area contributed by atoms with Gasteiger partial charge in [0.1, 0.15) is 4.90 Å². The number of nitrogens with one attached hydrogen (secondary N) is 1. The first-order chi connectivity index (χ1) is 9.62. The molecule has 0 unspecified atom stereocenters. The highest BCUT2D eigenvalue weighted by Gasteiger charge is 2.32. The van der Waals surface area contributed by atoms with E-state index < -0.39 is 10.0 Å². The van der Waals surface area contributed by atoms with E-state index in [-0.39, 0.29) is 0 Å². The molecule has 1 N–H and O–H groups in total. The Morgan fingerprint density at radius 2 is 2.00 bits per heavy atom. The maximum atomic E-state index is 12.0. The minimum atomic E-state index is -3.49. The lowest BCUT2D eigenvalue weighted by molar-refractivity contribution is 0.264. The number of fused-ring (bicyclic) bond motifs is 1. The van der Waals surface area contributed by atoms with Gasteiger partial charge >= 0.3 is 0 Å². The van der Waals surface area contributed by atoms with Gasteiger partial charge in [-0.15, -0.1) is 4.40 Å². The Kier molecular flexibility index (Phi) is 3.52. The molecule has 108 valence electrons. The van der Waals surface area contributed by atoms with E-state index in [0.29, 0.717) is 16.6 Å². The summed E-state index contributed by atoms with van der Waals surface area (Å²) in [5.41, 5.74) is 0.750. The standard InChI is InChI=1S/C14H19N3O2S/c1-15-10-11-6-8-17(9-7-11)14-12-4-2-3-5-13(12)20(18,19)16-14/h2-5,11,15H,6-10H2,1H3. The molecule has 1 fully saturated rings. The van der Waals surface area contributed by atoms with E-state index in [2.05, 4.69) is 14.6 Å². The van der Waals surface area contributed by atoms with Crippen LogP contribution in [0.2, 0.25) is 0 Å². The topological polar surface area (TPSA) is 61.8 Å². The largest absolute Gasteiger partial charge is 0.355 e. The highest BCUT2D eigenvalue weighted by Crippen LogP contribution is 2.29. The second kappa shape index (κ2) is 5.18. The van der Waals surface area contributed by atoms with Crippen molar-refractivity contribution < 1.29 is 8.42 Å². The fourth-order valence-corrected chi connectivity index (χ4v) is 4.18. The Labute approximate surface area is 119 Å². The summed E-state index contributed by atoms with van der Waals surface area (Å²) in [7, 11) is -1.53. The van der Waals surface area contributed by atoms with Crippen molar-refractivity contribution in [1.29, 1.82) is 0 Å². The molecule has 5 nitrogen and oxygen atoms in total. The molecule has 0 aliphatic carbocycles. The zero-order valence-corrected chi connectivity index (χ0v) is 12.4. The fourth-order valence-electron chi connectivity index (χ4n) is 2.95. The van der Waals surface area contributed by atoms with Crippen LogP contribution >= 0.6 is 0 Å². The van der Waals surface area contributed by atoms with Crippen molar-refractivity contribution in [3.05, 3.63) is 29.8 Å². The van der Waals surface area contributed by atoms with Crippen LogP contribution in [0.4, 0.5) is 0 Å². The van der Waals surface area contributed by atoms with Gasteiger partial charge in [0.2, 0.25) is 0 Å². The Morgan fingerprint density at radius 1 is 1.30 bits per heavy atom. The third-order valence-corrected chi connectivity index (χ3v) is 5.34. The van der Waals surface area contributed by atoms with Gasteiger partial charge in [-0.05, 0) is 44.5 Å². The van der Waals surface area contributed by atoms with E-state index in [1.807, 2.05) is 19.2 Å². The first-order valence-corrected chi connectivity index (χ1v) is 8.40. The van der Waals surface area contributed by atoms with E-state index in [1.165, 1.54) is 0 Å². The Bertz CT molecular complexity index is 632. The van der Waals surface area contributed by atoms with Gasteiger partial charge in [0.15, 0.2) is 5.84 Å². The van der Waals surface area contributed by atoms with E-state index in [9.17, 15) is 8.42 Å². The van der Waals surface area contributed by atoms with Crippen molar-refractivity contribution in [1.82, 2.24) is 10.2 Å². The van der Waals surface area contributed by atoms with Crippen molar-refractivity contribution in [2.24, 2.45) is 10.3 Å². The van der Waals surface area contributed by atoms with Crippen LogP contribution in [0.1, 0.15) is 18.4 Å². The molecule has 2 aliphatic rings. The molecular weight excluding hydrogens is 274 g/mol. The van der Waals surface area contributed by atoms with Gasteiger partial charge < -0.3 is 10.2 Å². The molecule has 6 heteroatoms. The third-order valence-electron chi connectivity index (χ3n) is 4.02. The van der Waals surface area contributed by atoms with Gasteiger partial charge in [-0.25, -0.2) is 0 Å². The number of hydrogen-bond acceptors (Lipinski definition) is 4. The molecule has 20 heavy (non-hydrogen) atoms. The van der Waals surface area contributed by atoms with Crippen LogP contribution in [-0.2, 0) is 10.0 Å². The fraction of sp³-hybridized carbons (Fsp3) is 0.500. The van der Waals surface area contributed by atoms with E-state index >= 15 is 0 Å². The van der Waals surface area contributed by atoms with Gasteiger partial charge in [-0.3, -0.25) is 0 Å². The first-order valence-electron chi connectivity index (χ1n) is 6.96. The van der Waals surface area contributed by atoms with Crippen LogP contribution < -0.4 is 5.32 Å². The second-order valence-corrected chi connectivity index (χ2v) is 6.95. The van der Waals surface area contributed by atoms with Crippen LogP contribution in [0.25, 0.3) is 0 Å². The Morgan fingerprint density at radius 3 is 2.70 bits per heavy atom. The van der Waals surface area contributed by atoms with Crippen LogP contribution in [0, 0.1) is 5.92 Å². The van der Waals surface area contributed by atoms with Gasteiger partial charge in [-0.1, -0.05) is 12.1 Å². The molecule has 3 rings (SSSR count). The number of amidine groups is 1. The summed E-state index contributed by atoms with van der Waals surface area (Å²) in [6, 6.07) is 7.09. The summed E-state index contributed by atoms with van der Waals surface area (Å²) in [6.07, 6.45) is 2.14. The number of nitrogens with zero attached hydrogens (tertiary/aromatic N) is 2. The quantitative estimate of drug-likeness (QED) is 0.886. The monoisotopic (exact) mass is 293 g/mol. The number of rotatable bonds is 2. The first kappa shape index (κ1) is 13.6. The molecule has 1 saturated heterocycles. The van der Waals surface area contributed by atoms with Crippen molar-refractivity contribution in [3.8, 4) is 0 Å². The molecule has 0 radical (unpaired) electrons. The van der Waals surface area contributed by atoms with Crippen molar-refractivity contribution in [2.45, 2.75) is 17.7 Å². The number of hydrogen-bond donors (Lipinski definition) is 1. The zero-order valence-electron chi connectivity index (χ0n) is 11.5. The van der Waals surface area contributed by atoms with Crippen LogP contribution in [0.15, 0.2) is 33.6 Å². The summed E-state index contributed by atoms with van der Waals surface area (Å²) in [5, 5.41) is 3.21.